The van der Waals surface area contributed by atoms with Gasteiger partial charge in [0, 0.05) is 4.88 Å². The Kier molecular flexibility index (Phi) is 2.91. The first kappa shape index (κ1) is 12.1. The largest absolute Gasteiger partial charge is 0.495 e. The van der Waals surface area contributed by atoms with Gasteiger partial charge in [-0.05, 0) is 44.6 Å². The Morgan fingerprint density at radius 1 is 1.25 bits per heavy atom. The molecule has 0 spiro atoms. The van der Waals surface area contributed by atoms with Gasteiger partial charge in [-0.2, -0.15) is 0 Å². The molecule has 88 valence electrons. The van der Waals surface area contributed by atoms with Gasteiger partial charge >= 0.3 is 7.12 Å². The minimum absolute atomic E-state index is 0.0736. The van der Waals surface area contributed by atoms with Crippen molar-refractivity contribution in [3.05, 3.63) is 16.3 Å². The standard InChI is InChI=1S/C11H17BO3S/c1-10(2)11(3,4)15-12(14-10)8-5-9(6-13)16-7-8/h5,7,13H,6H2,1-4H3. The molecule has 0 aromatic carbocycles. The number of hydrogen-bond acceptors (Lipinski definition) is 4. The molecule has 1 aromatic heterocycles. The third kappa shape index (κ3) is 1.93. The van der Waals surface area contributed by atoms with Crippen molar-refractivity contribution >= 4 is 23.9 Å². The van der Waals surface area contributed by atoms with Crippen LogP contribution in [0.1, 0.15) is 32.6 Å². The van der Waals surface area contributed by atoms with Crippen LogP contribution in [0.15, 0.2) is 11.4 Å². The molecule has 1 fully saturated rings. The van der Waals surface area contributed by atoms with Gasteiger partial charge in [0.25, 0.3) is 0 Å². The SMILES string of the molecule is CC1(C)OB(c2csc(CO)c2)OC1(C)C. The van der Waals surface area contributed by atoms with Crippen molar-refractivity contribution in [2.45, 2.75) is 45.5 Å². The molecule has 1 aliphatic rings. The highest BCUT2D eigenvalue weighted by atomic mass is 32.1. The van der Waals surface area contributed by atoms with Crippen LogP contribution in [0.4, 0.5) is 0 Å². The fourth-order valence-corrected chi connectivity index (χ4v) is 2.33. The molecular formula is C11H17BO3S. The van der Waals surface area contributed by atoms with Gasteiger partial charge < -0.3 is 14.4 Å². The van der Waals surface area contributed by atoms with Crippen molar-refractivity contribution in [2.75, 3.05) is 0 Å². The lowest BCUT2D eigenvalue weighted by atomic mass is 9.81. The third-order valence-electron chi connectivity index (χ3n) is 3.36. The van der Waals surface area contributed by atoms with Crippen molar-refractivity contribution in [1.82, 2.24) is 0 Å². The average Bonchev–Trinajstić information content (AvgIpc) is 2.70. The van der Waals surface area contributed by atoms with E-state index < -0.39 is 0 Å². The van der Waals surface area contributed by atoms with E-state index in [-0.39, 0.29) is 24.9 Å². The van der Waals surface area contributed by atoms with E-state index >= 15 is 0 Å². The maximum absolute atomic E-state index is 9.03. The highest BCUT2D eigenvalue weighted by Crippen LogP contribution is 2.36. The summed E-state index contributed by atoms with van der Waals surface area (Å²) in [6.45, 7) is 8.21. The van der Waals surface area contributed by atoms with Crippen LogP contribution in [-0.2, 0) is 15.9 Å². The van der Waals surface area contributed by atoms with Crippen LogP contribution < -0.4 is 5.46 Å². The average molecular weight is 240 g/mol. The molecule has 16 heavy (non-hydrogen) atoms. The maximum Gasteiger partial charge on any atom is 0.495 e. The summed E-state index contributed by atoms with van der Waals surface area (Å²) < 4.78 is 11.8. The van der Waals surface area contributed by atoms with Gasteiger partial charge in [0.15, 0.2) is 0 Å². The summed E-state index contributed by atoms with van der Waals surface area (Å²) in [6, 6.07) is 1.94. The van der Waals surface area contributed by atoms with Gasteiger partial charge in [-0.1, -0.05) is 0 Å². The number of hydrogen-bond donors (Lipinski definition) is 1. The topological polar surface area (TPSA) is 38.7 Å². The fourth-order valence-electron chi connectivity index (χ4n) is 1.58. The Hall–Kier alpha value is -0.355. The van der Waals surface area contributed by atoms with Gasteiger partial charge in [0.05, 0.1) is 17.8 Å². The quantitative estimate of drug-likeness (QED) is 0.797. The van der Waals surface area contributed by atoms with Crippen LogP contribution in [0.2, 0.25) is 0 Å². The van der Waals surface area contributed by atoms with E-state index in [1.807, 2.05) is 39.1 Å². The van der Waals surface area contributed by atoms with Gasteiger partial charge in [-0.3, -0.25) is 0 Å². The summed E-state index contributed by atoms with van der Waals surface area (Å²) in [5.74, 6) is 0. The van der Waals surface area contributed by atoms with Crippen LogP contribution in [0.5, 0.6) is 0 Å². The van der Waals surface area contributed by atoms with E-state index in [1.54, 1.807) is 0 Å². The molecule has 0 saturated carbocycles. The first-order valence-electron chi connectivity index (χ1n) is 5.39. The predicted octanol–water partition coefficient (Wildman–Crippen LogP) is 1.54. The minimum Gasteiger partial charge on any atom is -0.399 e. The lowest BCUT2D eigenvalue weighted by molar-refractivity contribution is 0.00578. The number of aliphatic hydroxyl groups is 1. The number of thiophene rings is 1. The van der Waals surface area contributed by atoms with E-state index in [0.717, 1.165) is 10.3 Å². The Bertz CT molecular complexity index is 370. The second-order valence-corrected chi connectivity index (χ2v) is 6.09. The van der Waals surface area contributed by atoms with Gasteiger partial charge in [0.1, 0.15) is 0 Å². The molecule has 0 atom stereocenters. The monoisotopic (exact) mass is 240 g/mol. The zero-order valence-corrected chi connectivity index (χ0v) is 10.9. The van der Waals surface area contributed by atoms with Gasteiger partial charge in [-0.25, -0.2) is 0 Å². The maximum atomic E-state index is 9.03. The van der Waals surface area contributed by atoms with Crippen molar-refractivity contribution in [1.29, 1.82) is 0 Å². The van der Waals surface area contributed by atoms with E-state index in [4.69, 9.17) is 14.4 Å². The van der Waals surface area contributed by atoms with Gasteiger partial charge in [0.2, 0.25) is 0 Å². The molecule has 1 N–H and O–H groups in total. The summed E-state index contributed by atoms with van der Waals surface area (Å²) in [4.78, 5) is 0.935. The summed E-state index contributed by atoms with van der Waals surface area (Å²) >= 11 is 1.53. The second kappa shape index (κ2) is 3.84. The third-order valence-corrected chi connectivity index (χ3v) is 4.30. The van der Waals surface area contributed by atoms with Crippen LogP contribution in [-0.4, -0.2) is 23.4 Å². The number of aliphatic hydroxyl groups excluding tert-OH is 1. The molecular weight excluding hydrogens is 223 g/mol. The van der Waals surface area contributed by atoms with Crippen molar-refractivity contribution in [3.8, 4) is 0 Å². The van der Waals surface area contributed by atoms with Gasteiger partial charge in [-0.15, -0.1) is 11.3 Å². The molecule has 2 heterocycles. The van der Waals surface area contributed by atoms with E-state index in [9.17, 15) is 0 Å². The second-order valence-electron chi connectivity index (χ2n) is 5.09. The molecule has 2 rings (SSSR count). The molecule has 5 heteroatoms. The van der Waals surface area contributed by atoms with E-state index in [1.165, 1.54) is 11.3 Å². The lowest BCUT2D eigenvalue weighted by Gasteiger charge is -2.32. The Balaban J connectivity index is 2.20. The van der Waals surface area contributed by atoms with E-state index in [2.05, 4.69) is 0 Å². The molecule has 0 amide bonds. The highest BCUT2D eigenvalue weighted by molar-refractivity contribution is 7.11. The molecule has 0 radical (unpaired) electrons. The van der Waals surface area contributed by atoms with Crippen LogP contribution in [0, 0.1) is 0 Å². The normalized spacial score (nSPS) is 22.7. The summed E-state index contributed by atoms with van der Waals surface area (Å²) in [6.07, 6.45) is 0. The smallest absolute Gasteiger partial charge is 0.399 e. The summed E-state index contributed by atoms with van der Waals surface area (Å²) in [5, 5.41) is 11.0. The van der Waals surface area contributed by atoms with Crippen molar-refractivity contribution < 1.29 is 14.4 Å². The molecule has 0 bridgehead atoms. The predicted molar refractivity (Wildman–Crippen MR) is 66.0 cm³/mol. The lowest BCUT2D eigenvalue weighted by Crippen LogP contribution is -2.41. The van der Waals surface area contributed by atoms with Crippen LogP contribution >= 0.6 is 11.3 Å². The summed E-state index contributed by atoms with van der Waals surface area (Å²) in [5.41, 5.74) is 0.380. The van der Waals surface area contributed by atoms with Crippen LogP contribution in [0.25, 0.3) is 0 Å². The summed E-state index contributed by atoms with van der Waals surface area (Å²) in [7, 11) is -0.318. The first-order chi connectivity index (χ1) is 7.36. The molecule has 1 aliphatic heterocycles. The molecule has 0 unspecified atom stereocenters. The van der Waals surface area contributed by atoms with Crippen molar-refractivity contribution in [2.24, 2.45) is 0 Å². The Morgan fingerprint density at radius 2 is 1.81 bits per heavy atom. The van der Waals surface area contributed by atoms with Crippen LogP contribution in [0.3, 0.4) is 0 Å². The highest BCUT2D eigenvalue weighted by Gasteiger charge is 2.51. The molecule has 0 aliphatic carbocycles. The first-order valence-corrected chi connectivity index (χ1v) is 6.27. The minimum atomic E-state index is -0.318. The zero-order chi connectivity index (χ0) is 12.0. The van der Waals surface area contributed by atoms with Crippen molar-refractivity contribution in [3.63, 3.8) is 0 Å². The number of rotatable bonds is 2. The Labute approximate surface area is 101 Å². The molecule has 1 saturated heterocycles. The zero-order valence-electron chi connectivity index (χ0n) is 10.1. The van der Waals surface area contributed by atoms with E-state index in [0.29, 0.717) is 0 Å². The molecule has 1 aromatic rings. The fraction of sp³-hybridized carbons (Fsp3) is 0.636. The molecule has 3 nitrogen and oxygen atoms in total. The Morgan fingerprint density at radius 3 is 2.25 bits per heavy atom.